The van der Waals surface area contributed by atoms with E-state index in [0.29, 0.717) is 24.5 Å². The second-order valence-electron chi connectivity index (χ2n) is 4.52. The van der Waals surface area contributed by atoms with Crippen molar-refractivity contribution in [2.75, 3.05) is 7.11 Å². The van der Waals surface area contributed by atoms with Crippen LogP contribution in [0.2, 0.25) is 0 Å². The number of ether oxygens (including phenoxy) is 2. The van der Waals surface area contributed by atoms with E-state index in [2.05, 4.69) is 15.5 Å². The number of rotatable bonds is 7. The second kappa shape index (κ2) is 7.49. The number of benzene rings is 1. The number of aryl methyl sites for hydroxylation is 1. The zero-order chi connectivity index (χ0) is 15.1. The van der Waals surface area contributed by atoms with Gasteiger partial charge in [0, 0.05) is 13.7 Å². The number of esters is 1. The van der Waals surface area contributed by atoms with Crippen LogP contribution in [0.4, 0.5) is 0 Å². The van der Waals surface area contributed by atoms with Crippen LogP contribution in [0.5, 0.6) is 0 Å². The van der Waals surface area contributed by atoms with Gasteiger partial charge in [-0.25, -0.2) is 9.48 Å². The van der Waals surface area contributed by atoms with Gasteiger partial charge in [0.05, 0.1) is 12.2 Å². The summed E-state index contributed by atoms with van der Waals surface area (Å²) in [6, 6.07) is 7.10. The number of hydrogen-bond acceptors (Lipinski definition) is 6. The Hall–Kier alpha value is -2.28. The van der Waals surface area contributed by atoms with E-state index >= 15 is 0 Å². The molecule has 0 atom stereocenters. The molecule has 2 aromatic rings. The number of carbonyl (C=O) groups excluding carboxylic acids is 1. The first-order valence-corrected chi connectivity index (χ1v) is 6.74. The number of hydrogen-bond donors (Lipinski definition) is 0. The Morgan fingerprint density at radius 3 is 2.67 bits per heavy atom. The van der Waals surface area contributed by atoms with Crippen molar-refractivity contribution >= 4 is 5.97 Å². The Bertz CT molecular complexity index is 580. The average molecular weight is 290 g/mol. The van der Waals surface area contributed by atoms with Crippen LogP contribution in [0.15, 0.2) is 24.3 Å². The maximum atomic E-state index is 11.9. The molecule has 0 bridgehead atoms. The first kappa shape index (κ1) is 15.1. The monoisotopic (exact) mass is 290 g/mol. The van der Waals surface area contributed by atoms with Gasteiger partial charge in [-0.3, -0.25) is 0 Å². The summed E-state index contributed by atoms with van der Waals surface area (Å²) in [4.78, 5) is 11.9. The van der Waals surface area contributed by atoms with Crippen molar-refractivity contribution in [1.82, 2.24) is 20.2 Å². The summed E-state index contributed by atoms with van der Waals surface area (Å²) in [6.45, 7) is 3.30. The third-order valence-corrected chi connectivity index (χ3v) is 2.87. The molecule has 1 aromatic heterocycles. The maximum absolute atomic E-state index is 11.9. The van der Waals surface area contributed by atoms with E-state index < -0.39 is 5.97 Å². The van der Waals surface area contributed by atoms with Gasteiger partial charge in [-0.05, 0) is 34.5 Å². The van der Waals surface area contributed by atoms with Gasteiger partial charge in [0.1, 0.15) is 0 Å². The molecular formula is C14H18N4O3. The van der Waals surface area contributed by atoms with E-state index in [0.717, 1.165) is 12.0 Å². The molecule has 0 fully saturated rings. The summed E-state index contributed by atoms with van der Waals surface area (Å²) in [7, 11) is 1.63. The van der Waals surface area contributed by atoms with E-state index in [1.807, 2.05) is 19.1 Å². The first-order chi connectivity index (χ1) is 10.2. The fourth-order valence-corrected chi connectivity index (χ4v) is 1.83. The van der Waals surface area contributed by atoms with Gasteiger partial charge in [0.25, 0.3) is 0 Å². The van der Waals surface area contributed by atoms with Crippen molar-refractivity contribution in [1.29, 1.82) is 0 Å². The third-order valence-electron chi connectivity index (χ3n) is 2.87. The minimum Gasteiger partial charge on any atom is -0.454 e. The minimum absolute atomic E-state index is 0.0612. The molecule has 112 valence electrons. The van der Waals surface area contributed by atoms with E-state index in [9.17, 15) is 4.79 Å². The molecule has 0 saturated heterocycles. The molecule has 0 aliphatic carbocycles. The fraction of sp³-hybridized carbons (Fsp3) is 0.429. The molecule has 2 rings (SSSR count). The lowest BCUT2D eigenvalue weighted by Crippen LogP contribution is -2.11. The smallest absolute Gasteiger partial charge is 0.338 e. The summed E-state index contributed by atoms with van der Waals surface area (Å²) in [5.41, 5.74) is 1.49. The van der Waals surface area contributed by atoms with Gasteiger partial charge in [-0.2, -0.15) is 0 Å². The predicted octanol–water partition coefficient (Wildman–Crippen LogP) is 1.59. The lowest BCUT2D eigenvalue weighted by Gasteiger charge is -2.06. The van der Waals surface area contributed by atoms with Gasteiger partial charge in [0.2, 0.25) is 0 Å². The zero-order valence-corrected chi connectivity index (χ0v) is 12.2. The summed E-state index contributed by atoms with van der Waals surface area (Å²) in [5, 5.41) is 11.3. The summed E-state index contributed by atoms with van der Waals surface area (Å²) >= 11 is 0. The van der Waals surface area contributed by atoms with Crippen molar-refractivity contribution in [3.63, 3.8) is 0 Å². The van der Waals surface area contributed by atoms with Crippen molar-refractivity contribution in [2.45, 2.75) is 33.1 Å². The number of nitrogens with zero attached hydrogens (tertiary/aromatic N) is 4. The van der Waals surface area contributed by atoms with Crippen molar-refractivity contribution in [3.8, 4) is 0 Å². The highest BCUT2D eigenvalue weighted by molar-refractivity contribution is 5.89. The van der Waals surface area contributed by atoms with Gasteiger partial charge in [0.15, 0.2) is 12.4 Å². The van der Waals surface area contributed by atoms with Crippen LogP contribution in [0, 0.1) is 0 Å². The molecule has 0 spiro atoms. The Kier molecular flexibility index (Phi) is 5.39. The van der Waals surface area contributed by atoms with E-state index in [1.165, 1.54) is 0 Å². The van der Waals surface area contributed by atoms with Crippen LogP contribution in [-0.2, 0) is 29.2 Å². The van der Waals surface area contributed by atoms with Gasteiger partial charge in [-0.1, -0.05) is 19.1 Å². The Morgan fingerprint density at radius 1 is 1.24 bits per heavy atom. The predicted molar refractivity (Wildman–Crippen MR) is 74.4 cm³/mol. The van der Waals surface area contributed by atoms with Crippen LogP contribution < -0.4 is 0 Å². The summed E-state index contributed by atoms with van der Waals surface area (Å²) < 4.78 is 11.9. The molecule has 21 heavy (non-hydrogen) atoms. The standard InChI is InChI=1S/C14H18N4O3/c1-3-8-18-13(15-16-17-18)10-21-14(19)12-6-4-11(5-7-12)9-20-2/h4-7H,3,8-10H2,1-2H3. The van der Waals surface area contributed by atoms with Crippen LogP contribution >= 0.6 is 0 Å². The Morgan fingerprint density at radius 2 is 2.00 bits per heavy atom. The van der Waals surface area contributed by atoms with Crippen LogP contribution in [0.3, 0.4) is 0 Å². The minimum atomic E-state index is -0.398. The Labute approximate surface area is 122 Å². The summed E-state index contributed by atoms with van der Waals surface area (Å²) in [6.07, 6.45) is 0.910. The molecule has 1 aromatic carbocycles. The first-order valence-electron chi connectivity index (χ1n) is 6.74. The molecule has 7 heteroatoms. The lowest BCUT2D eigenvalue weighted by atomic mass is 10.1. The van der Waals surface area contributed by atoms with Crippen LogP contribution in [-0.4, -0.2) is 33.3 Å². The maximum Gasteiger partial charge on any atom is 0.338 e. The topological polar surface area (TPSA) is 79.1 Å². The quantitative estimate of drug-likeness (QED) is 0.720. The molecular weight excluding hydrogens is 272 g/mol. The SMILES string of the molecule is CCCn1nnnc1COC(=O)c1ccc(COC)cc1. The van der Waals surface area contributed by atoms with Gasteiger partial charge >= 0.3 is 5.97 Å². The van der Waals surface area contributed by atoms with Crippen molar-refractivity contribution in [3.05, 3.63) is 41.2 Å². The van der Waals surface area contributed by atoms with Crippen molar-refractivity contribution < 1.29 is 14.3 Å². The molecule has 7 nitrogen and oxygen atoms in total. The number of tetrazole rings is 1. The van der Waals surface area contributed by atoms with Crippen LogP contribution in [0.25, 0.3) is 0 Å². The molecule has 0 radical (unpaired) electrons. The lowest BCUT2D eigenvalue weighted by molar-refractivity contribution is 0.0456. The highest BCUT2D eigenvalue weighted by atomic mass is 16.5. The number of aromatic nitrogens is 4. The average Bonchev–Trinajstić information content (AvgIpc) is 2.94. The van der Waals surface area contributed by atoms with E-state index in [4.69, 9.17) is 9.47 Å². The summed E-state index contributed by atoms with van der Waals surface area (Å²) in [5.74, 6) is 0.145. The van der Waals surface area contributed by atoms with E-state index in [-0.39, 0.29) is 6.61 Å². The largest absolute Gasteiger partial charge is 0.454 e. The molecule has 0 aliphatic heterocycles. The van der Waals surface area contributed by atoms with E-state index in [1.54, 1.807) is 23.9 Å². The van der Waals surface area contributed by atoms with Crippen molar-refractivity contribution in [2.24, 2.45) is 0 Å². The molecule has 0 amide bonds. The highest BCUT2D eigenvalue weighted by Gasteiger charge is 2.11. The zero-order valence-electron chi connectivity index (χ0n) is 12.2. The third kappa shape index (κ3) is 4.09. The van der Waals surface area contributed by atoms with Gasteiger partial charge in [-0.15, -0.1) is 5.10 Å². The molecule has 0 unspecified atom stereocenters. The van der Waals surface area contributed by atoms with Gasteiger partial charge < -0.3 is 9.47 Å². The molecule has 1 heterocycles. The number of carbonyl (C=O) groups is 1. The normalized spacial score (nSPS) is 10.6. The fourth-order valence-electron chi connectivity index (χ4n) is 1.83. The molecule has 0 N–H and O–H groups in total. The number of methoxy groups -OCH3 is 1. The Balaban J connectivity index is 1.93. The molecule has 0 saturated carbocycles. The molecule has 0 aliphatic rings. The highest BCUT2D eigenvalue weighted by Crippen LogP contribution is 2.08. The van der Waals surface area contributed by atoms with Crippen LogP contribution in [0.1, 0.15) is 35.1 Å². The second-order valence-corrected chi connectivity index (χ2v) is 4.52.